The zero-order chi connectivity index (χ0) is 22.5. The average Bonchev–Trinajstić information content (AvgIpc) is 2.69. The molecule has 0 saturated heterocycles. The maximum Gasteiger partial charge on any atom is 0.425 e. The Hall–Kier alpha value is -2.21. The van der Waals surface area contributed by atoms with Crippen LogP contribution in [0.5, 0.6) is 0 Å². The number of aliphatic hydroxyl groups is 1. The minimum Gasteiger partial charge on any atom is -0.372 e. The predicted octanol–water partition coefficient (Wildman–Crippen LogP) is 7.02. The first-order valence-corrected chi connectivity index (χ1v) is 10.3. The Kier molecular flexibility index (Phi) is 7.81. The van der Waals surface area contributed by atoms with Crippen molar-refractivity contribution >= 4 is 11.9 Å². The van der Waals surface area contributed by atoms with Crippen molar-refractivity contribution in [2.45, 2.75) is 65.2 Å². The highest BCUT2D eigenvalue weighted by atomic mass is 19.4. The molecule has 2 unspecified atom stereocenters. The van der Waals surface area contributed by atoms with Crippen LogP contribution in [0, 0.1) is 18.7 Å². The van der Waals surface area contributed by atoms with Gasteiger partial charge in [-0.1, -0.05) is 51.8 Å². The van der Waals surface area contributed by atoms with Gasteiger partial charge in [-0.15, -0.1) is 0 Å². The Labute approximate surface area is 175 Å². The second-order valence-corrected chi connectivity index (χ2v) is 7.77. The van der Waals surface area contributed by atoms with Crippen LogP contribution < -0.4 is 0 Å². The third-order valence-corrected chi connectivity index (χ3v) is 5.33. The van der Waals surface area contributed by atoms with E-state index in [1.807, 2.05) is 6.21 Å². The first-order chi connectivity index (χ1) is 14.0. The van der Waals surface area contributed by atoms with Crippen molar-refractivity contribution in [1.82, 2.24) is 0 Å². The fourth-order valence-electron chi connectivity index (χ4n) is 3.50. The van der Waals surface area contributed by atoms with Crippen molar-refractivity contribution in [2.24, 2.45) is 10.9 Å². The molecule has 2 rings (SSSR count). The lowest BCUT2D eigenvalue weighted by Crippen LogP contribution is -2.44. The van der Waals surface area contributed by atoms with Crippen LogP contribution in [-0.2, 0) is 12.0 Å². The summed E-state index contributed by atoms with van der Waals surface area (Å²) in [5, 5.41) is 10.9. The van der Waals surface area contributed by atoms with E-state index in [1.165, 1.54) is 6.07 Å². The Bertz CT molecular complexity index is 891. The topological polar surface area (TPSA) is 32.6 Å². The number of nitrogens with zero attached hydrogens (tertiary/aromatic N) is 1. The van der Waals surface area contributed by atoms with Crippen LogP contribution >= 0.6 is 0 Å². The van der Waals surface area contributed by atoms with Gasteiger partial charge in [-0.2, -0.15) is 13.2 Å². The molecular weight excluding hydrogens is 394 g/mol. The number of unbranched alkanes of at least 4 members (excludes halogenated alkanes) is 1. The summed E-state index contributed by atoms with van der Waals surface area (Å²) in [5.74, 6) is -0.583. The molecule has 0 fully saturated rings. The van der Waals surface area contributed by atoms with Crippen LogP contribution in [-0.4, -0.2) is 17.5 Å². The van der Waals surface area contributed by atoms with Crippen molar-refractivity contribution in [3.8, 4) is 0 Å². The molecule has 0 amide bonds. The van der Waals surface area contributed by atoms with Crippen molar-refractivity contribution in [3.63, 3.8) is 0 Å². The Morgan fingerprint density at radius 3 is 2.40 bits per heavy atom. The van der Waals surface area contributed by atoms with E-state index in [2.05, 4.69) is 18.8 Å². The standard InChI is InChI=1S/C24H29F4NO/c1-5-7-9-16(3)15-29-22-13-18(6-2)21(12-17(22)4)23(30,24(26,27)28)19-10-8-11-20(25)14-19/h8,10-16,30H,5-7,9H2,1-4H3. The molecule has 0 aliphatic heterocycles. The van der Waals surface area contributed by atoms with Crippen molar-refractivity contribution in [3.05, 3.63) is 64.5 Å². The second-order valence-electron chi connectivity index (χ2n) is 7.77. The quantitative estimate of drug-likeness (QED) is 0.359. The molecule has 0 bridgehead atoms. The summed E-state index contributed by atoms with van der Waals surface area (Å²) < 4.78 is 56.1. The summed E-state index contributed by atoms with van der Waals surface area (Å²) in [7, 11) is 0. The van der Waals surface area contributed by atoms with E-state index in [-0.39, 0.29) is 17.9 Å². The van der Waals surface area contributed by atoms with Crippen LogP contribution in [0.3, 0.4) is 0 Å². The molecule has 0 radical (unpaired) electrons. The monoisotopic (exact) mass is 423 g/mol. The van der Waals surface area contributed by atoms with Crippen LogP contribution in [0.4, 0.5) is 23.2 Å². The molecule has 1 N–H and O–H groups in total. The maximum atomic E-state index is 14.1. The summed E-state index contributed by atoms with van der Waals surface area (Å²) >= 11 is 0. The third kappa shape index (κ3) is 5.09. The lowest BCUT2D eigenvalue weighted by molar-refractivity contribution is -0.248. The molecule has 2 nitrogen and oxygen atoms in total. The molecule has 0 saturated carbocycles. The number of halogens is 4. The largest absolute Gasteiger partial charge is 0.425 e. The zero-order valence-electron chi connectivity index (χ0n) is 17.9. The van der Waals surface area contributed by atoms with Gasteiger partial charge in [-0.25, -0.2) is 4.39 Å². The molecule has 6 heteroatoms. The first-order valence-electron chi connectivity index (χ1n) is 10.3. The summed E-state index contributed by atoms with van der Waals surface area (Å²) in [6.45, 7) is 7.54. The zero-order valence-corrected chi connectivity index (χ0v) is 17.9. The minimum absolute atomic E-state index is 0.258. The van der Waals surface area contributed by atoms with Gasteiger partial charge in [0, 0.05) is 17.3 Å². The van der Waals surface area contributed by atoms with Gasteiger partial charge in [0.1, 0.15) is 5.82 Å². The van der Waals surface area contributed by atoms with E-state index >= 15 is 0 Å². The molecule has 0 spiro atoms. The molecule has 2 atom stereocenters. The number of aryl methyl sites for hydroxylation is 2. The number of alkyl halides is 3. The van der Waals surface area contributed by atoms with Gasteiger partial charge in [-0.05, 0) is 55.0 Å². The normalized spacial score (nSPS) is 15.4. The molecule has 0 aliphatic carbocycles. The number of benzene rings is 2. The molecule has 30 heavy (non-hydrogen) atoms. The molecule has 2 aromatic carbocycles. The number of hydrogen-bond donors (Lipinski definition) is 1. The average molecular weight is 423 g/mol. The summed E-state index contributed by atoms with van der Waals surface area (Å²) in [6.07, 6.45) is 0.207. The van der Waals surface area contributed by atoms with Crippen molar-refractivity contribution in [2.75, 3.05) is 0 Å². The Morgan fingerprint density at radius 2 is 1.83 bits per heavy atom. The molecule has 0 heterocycles. The lowest BCUT2D eigenvalue weighted by atomic mass is 9.81. The van der Waals surface area contributed by atoms with Crippen LogP contribution in [0.25, 0.3) is 0 Å². The highest BCUT2D eigenvalue weighted by molar-refractivity contribution is 5.68. The second kappa shape index (κ2) is 9.73. The van der Waals surface area contributed by atoms with Crippen LogP contribution in [0.15, 0.2) is 41.4 Å². The van der Waals surface area contributed by atoms with E-state index in [4.69, 9.17) is 0 Å². The van der Waals surface area contributed by atoms with Gasteiger partial charge in [0.2, 0.25) is 5.60 Å². The van der Waals surface area contributed by atoms with Gasteiger partial charge in [0.05, 0.1) is 5.69 Å². The molecular formula is C24H29F4NO. The van der Waals surface area contributed by atoms with E-state index in [0.717, 1.165) is 43.5 Å². The fourth-order valence-corrected chi connectivity index (χ4v) is 3.50. The van der Waals surface area contributed by atoms with Crippen LogP contribution in [0.1, 0.15) is 62.3 Å². The van der Waals surface area contributed by atoms with Crippen molar-refractivity contribution < 1.29 is 22.7 Å². The van der Waals surface area contributed by atoms with E-state index in [9.17, 15) is 22.7 Å². The molecule has 0 aromatic heterocycles. The van der Waals surface area contributed by atoms with Gasteiger partial charge < -0.3 is 5.11 Å². The number of rotatable bonds is 8. The SMILES string of the molecule is CCCCC(C)C=Nc1cc(CC)c(C(O)(c2cccc(F)c2)C(F)(F)F)cc1C. The summed E-state index contributed by atoms with van der Waals surface area (Å²) in [6, 6.07) is 6.93. The lowest BCUT2D eigenvalue weighted by Gasteiger charge is -2.33. The van der Waals surface area contributed by atoms with Crippen molar-refractivity contribution in [1.29, 1.82) is 0 Å². The molecule has 164 valence electrons. The van der Waals surface area contributed by atoms with Gasteiger partial charge in [-0.3, -0.25) is 4.99 Å². The maximum absolute atomic E-state index is 14.1. The van der Waals surface area contributed by atoms with Gasteiger partial charge in [0.25, 0.3) is 0 Å². The summed E-state index contributed by atoms with van der Waals surface area (Å²) in [5.41, 5.74) is -2.75. The molecule has 2 aromatic rings. The predicted molar refractivity (Wildman–Crippen MR) is 113 cm³/mol. The highest BCUT2D eigenvalue weighted by Crippen LogP contribution is 2.46. The third-order valence-electron chi connectivity index (χ3n) is 5.33. The number of hydrogen-bond acceptors (Lipinski definition) is 2. The Balaban J connectivity index is 2.59. The number of aliphatic imine (C=N–C) groups is 1. The van der Waals surface area contributed by atoms with Gasteiger partial charge in [0.15, 0.2) is 0 Å². The fraction of sp³-hybridized carbons (Fsp3) is 0.458. The molecule has 0 aliphatic rings. The van der Waals surface area contributed by atoms with Crippen LogP contribution in [0.2, 0.25) is 0 Å². The minimum atomic E-state index is -5.03. The smallest absolute Gasteiger partial charge is 0.372 e. The van der Waals surface area contributed by atoms with E-state index < -0.39 is 23.2 Å². The van der Waals surface area contributed by atoms with Gasteiger partial charge >= 0.3 is 6.18 Å². The summed E-state index contributed by atoms with van der Waals surface area (Å²) in [4.78, 5) is 4.49. The van der Waals surface area contributed by atoms with E-state index in [1.54, 1.807) is 19.9 Å². The van der Waals surface area contributed by atoms with E-state index in [0.29, 0.717) is 16.8 Å². The Morgan fingerprint density at radius 1 is 1.13 bits per heavy atom. The first kappa shape index (κ1) is 24.1. The highest BCUT2D eigenvalue weighted by Gasteiger charge is 2.57.